The summed E-state index contributed by atoms with van der Waals surface area (Å²) in [5.41, 5.74) is 0.360. The highest BCUT2D eigenvalue weighted by Gasteiger charge is 2.26. The van der Waals surface area contributed by atoms with Crippen molar-refractivity contribution in [3.8, 4) is 10.6 Å². The first-order valence-electron chi connectivity index (χ1n) is 10.9. The minimum atomic E-state index is -0.0891. The summed E-state index contributed by atoms with van der Waals surface area (Å²) in [5.74, 6) is 2.38. The van der Waals surface area contributed by atoms with Crippen LogP contribution in [0.1, 0.15) is 36.2 Å². The van der Waals surface area contributed by atoms with E-state index in [0.717, 1.165) is 42.7 Å². The minimum Gasteiger partial charge on any atom is -0.355 e. The molecule has 0 aromatic carbocycles. The zero-order chi connectivity index (χ0) is 21.0. The highest BCUT2D eigenvalue weighted by atomic mass is 32.1. The van der Waals surface area contributed by atoms with Crippen LogP contribution in [0.3, 0.4) is 0 Å². The van der Waals surface area contributed by atoms with Gasteiger partial charge in [-0.15, -0.1) is 21.5 Å². The second kappa shape index (κ2) is 9.05. The Morgan fingerprint density at radius 3 is 2.16 bits per heavy atom. The summed E-state index contributed by atoms with van der Waals surface area (Å²) in [5, 5.41) is 14.9. The second-order valence-corrected chi connectivity index (χ2v) is 8.93. The SMILES string of the molecule is O=C(c1cc(-c2cccs2)on1)N1CCN(c2ccc(N3CCCCCC3)nn2)CC1. The molecule has 31 heavy (non-hydrogen) atoms. The van der Waals surface area contributed by atoms with E-state index in [-0.39, 0.29) is 5.91 Å². The molecule has 0 N–H and O–H groups in total. The van der Waals surface area contributed by atoms with Gasteiger partial charge in [0.15, 0.2) is 23.1 Å². The first-order valence-corrected chi connectivity index (χ1v) is 11.8. The van der Waals surface area contributed by atoms with Gasteiger partial charge in [0, 0.05) is 45.3 Å². The second-order valence-electron chi connectivity index (χ2n) is 7.98. The van der Waals surface area contributed by atoms with Crippen LogP contribution in [0.4, 0.5) is 11.6 Å². The fourth-order valence-electron chi connectivity index (χ4n) is 4.17. The molecule has 1 amide bonds. The summed E-state index contributed by atoms with van der Waals surface area (Å²) >= 11 is 1.56. The number of nitrogens with zero attached hydrogens (tertiary/aromatic N) is 6. The van der Waals surface area contributed by atoms with E-state index in [9.17, 15) is 4.79 Å². The zero-order valence-electron chi connectivity index (χ0n) is 17.4. The smallest absolute Gasteiger partial charge is 0.276 e. The molecule has 8 nitrogen and oxygen atoms in total. The summed E-state index contributed by atoms with van der Waals surface area (Å²) in [6.45, 7) is 4.81. The van der Waals surface area contributed by atoms with Crippen molar-refractivity contribution in [2.24, 2.45) is 0 Å². The molecular weight excluding hydrogens is 412 g/mol. The molecule has 2 fully saturated rings. The average Bonchev–Trinajstić information content (AvgIpc) is 3.46. The van der Waals surface area contributed by atoms with Gasteiger partial charge < -0.3 is 19.2 Å². The van der Waals surface area contributed by atoms with E-state index in [1.807, 2.05) is 22.4 Å². The number of anilines is 2. The van der Waals surface area contributed by atoms with Crippen LogP contribution in [0, 0.1) is 0 Å². The van der Waals surface area contributed by atoms with Crippen molar-refractivity contribution >= 4 is 28.9 Å². The van der Waals surface area contributed by atoms with Crippen molar-refractivity contribution in [2.75, 3.05) is 49.1 Å². The van der Waals surface area contributed by atoms with E-state index in [1.165, 1.54) is 25.7 Å². The van der Waals surface area contributed by atoms with Gasteiger partial charge >= 0.3 is 0 Å². The maximum atomic E-state index is 12.8. The predicted molar refractivity (Wildman–Crippen MR) is 121 cm³/mol. The first-order chi connectivity index (χ1) is 15.3. The van der Waals surface area contributed by atoms with E-state index in [0.29, 0.717) is 24.5 Å². The topological polar surface area (TPSA) is 78.6 Å². The highest BCUT2D eigenvalue weighted by molar-refractivity contribution is 7.13. The van der Waals surface area contributed by atoms with Gasteiger partial charge in [-0.25, -0.2) is 0 Å². The molecule has 3 aromatic heterocycles. The van der Waals surface area contributed by atoms with Crippen LogP contribution in [0.5, 0.6) is 0 Å². The molecular formula is C22H26N6O2S. The van der Waals surface area contributed by atoms with Gasteiger partial charge in [0.25, 0.3) is 5.91 Å². The Balaban J connectivity index is 1.18. The summed E-state index contributed by atoms with van der Waals surface area (Å²) in [4.78, 5) is 20.1. The van der Waals surface area contributed by atoms with Gasteiger partial charge in [-0.1, -0.05) is 24.1 Å². The lowest BCUT2D eigenvalue weighted by Crippen LogP contribution is -2.49. The monoisotopic (exact) mass is 438 g/mol. The molecule has 0 spiro atoms. The third kappa shape index (κ3) is 4.41. The van der Waals surface area contributed by atoms with Crippen LogP contribution in [0.25, 0.3) is 10.6 Å². The summed E-state index contributed by atoms with van der Waals surface area (Å²) in [6, 6.07) is 9.76. The van der Waals surface area contributed by atoms with Gasteiger partial charge in [-0.2, -0.15) is 0 Å². The third-order valence-electron chi connectivity index (χ3n) is 5.95. The molecule has 2 aliphatic rings. The molecule has 5 heterocycles. The molecule has 9 heteroatoms. The molecule has 0 aliphatic carbocycles. The van der Waals surface area contributed by atoms with E-state index in [4.69, 9.17) is 4.52 Å². The standard InChI is InChI=1S/C22H26N6O2S/c29-22(17-16-18(30-25-17)19-6-5-15-31-19)28-13-11-27(12-14-28)21-8-7-20(23-24-21)26-9-3-1-2-4-10-26/h5-8,15-16H,1-4,9-14H2. The maximum Gasteiger partial charge on any atom is 0.276 e. The summed E-state index contributed by atoms with van der Waals surface area (Å²) < 4.78 is 5.36. The lowest BCUT2D eigenvalue weighted by Gasteiger charge is -2.34. The van der Waals surface area contributed by atoms with E-state index < -0.39 is 0 Å². The Labute approximate surface area is 185 Å². The lowest BCUT2D eigenvalue weighted by atomic mass is 10.2. The molecule has 0 unspecified atom stereocenters. The van der Waals surface area contributed by atoms with Gasteiger partial charge in [0.1, 0.15) is 0 Å². The van der Waals surface area contributed by atoms with E-state index in [1.54, 1.807) is 17.4 Å². The average molecular weight is 439 g/mol. The number of thiophene rings is 1. The van der Waals surface area contributed by atoms with Gasteiger partial charge in [0.05, 0.1) is 4.88 Å². The van der Waals surface area contributed by atoms with Crippen molar-refractivity contribution in [3.05, 3.63) is 41.4 Å². The first kappa shape index (κ1) is 20.0. The summed E-state index contributed by atoms with van der Waals surface area (Å²) in [7, 11) is 0. The van der Waals surface area contributed by atoms with Crippen molar-refractivity contribution in [2.45, 2.75) is 25.7 Å². The molecule has 2 aliphatic heterocycles. The minimum absolute atomic E-state index is 0.0891. The quantitative estimate of drug-likeness (QED) is 0.616. The van der Waals surface area contributed by atoms with Crippen molar-refractivity contribution < 1.29 is 9.32 Å². The van der Waals surface area contributed by atoms with Crippen molar-refractivity contribution in [1.29, 1.82) is 0 Å². The van der Waals surface area contributed by atoms with Gasteiger partial charge in [0.2, 0.25) is 0 Å². The van der Waals surface area contributed by atoms with Crippen molar-refractivity contribution in [3.63, 3.8) is 0 Å². The Morgan fingerprint density at radius 2 is 1.55 bits per heavy atom. The van der Waals surface area contributed by atoms with Crippen LogP contribution >= 0.6 is 11.3 Å². The molecule has 0 bridgehead atoms. The molecule has 3 aromatic rings. The number of hydrogen-bond donors (Lipinski definition) is 0. The number of aromatic nitrogens is 3. The number of amides is 1. The van der Waals surface area contributed by atoms with Gasteiger partial charge in [-0.3, -0.25) is 4.79 Å². The number of rotatable bonds is 4. The molecule has 0 atom stereocenters. The third-order valence-corrected chi connectivity index (χ3v) is 6.84. The highest BCUT2D eigenvalue weighted by Crippen LogP contribution is 2.26. The lowest BCUT2D eigenvalue weighted by molar-refractivity contribution is 0.0736. The fourth-order valence-corrected chi connectivity index (χ4v) is 4.84. The molecule has 162 valence electrons. The Morgan fingerprint density at radius 1 is 0.871 bits per heavy atom. The van der Waals surface area contributed by atoms with E-state index in [2.05, 4.69) is 37.3 Å². The van der Waals surface area contributed by atoms with E-state index >= 15 is 0 Å². The Kier molecular flexibility index (Phi) is 5.84. The van der Waals surface area contributed by atoms with Crippen LogP contribution in [-0.4, -0.2) is 65.4 Å². The molecule has 2 saturated heterocycles. The fraction of sp³-hybridized carbons (Fsp3) is 0.455. The predicted octanol–water partition coefficient (Wildman–Crippen LogP) is 3.54. The number of piperazine rings is 1. The maximum absolute atomic E-state index is 12.8. The molecule has 5 rings (SSSR count). The van der Waals surface area contributed by atoms with Crippen LogP contribution < -0.4 is 9.80 Å². The normalized spacial score (nSPS) is 17.6. The van der Waals surface area contributed by atoms with Crippen LogP contribution in [0.15, 0.2) is 40.2 Å². The number of carbonyl (C=O) groups is 1. The van der Waals surface area contributed by atoms with Crippen molar-refractivity contribution in [1.82, 2.24) is 20.3 Å². The largest absolute Gasteiger partial charge is 0.355 e. The molecule has 0 saturated carbocycles. The summed E-state index contributed by atoms with van der Waals surface area (Å²) in [6.07, 6.45) is 5.04. The van der Waals surface area contributed by atoms with Gasteiger partial charge in [-0.05, 0) is 36.4 Å². The molecule has 0 radical (unpaired) electrons. The number of carbonyl (C=O) groups excluding carboxylic acids is 1. The Hall–Kier alpha value is -2.94. The zero-order valence-corrected chi connectivity index (χ0v) is 18.3. The van der Waals surface area contributed by atoms with Crippen LogP contribution in [0.2, 0.25) is 0 Å². The Bertz CT molecular complexity index is 987. The van der Waals surface area contributed by atoms with Crippen LogP contribution in [-0.2, 0) is 0 Å². The number of hydrogen-bond acceptors (Lipinski definition) is 8.